The van der Waals surface area contributed by atoms with Gasteiger partial charge < -0.3 is 5.32 Å². The molecule has 0 spiro atoms. The lowest BCUT2D eigenvalue weighted by Crippen LogP contribution is -2.38. The Balaban J connectivity index is 1.97. The molecule has 0 aliphatic rings. The number of halogens is 1. The zero-order valence-corrected chi connectivity index (χ0v) is 19.2. The van der Waals surface area contributed by atoms with Crippen molar-refractivity contribution in [3.63, 3.8) is 0 Å². The van der Waals surface area contributed by atoms with Gasteiger partial charge in [-0.15, -0.1) is 0 Å². The summed E-state index contributed by atoms with van der Waals surface area (Å²) in [6.07, 6.45) is 0. The lowest BCUT2D eigenvalue weighted by molar-refractivity contribution is -0.114. The zero-order valence-electron chi connectivity index (χ0n) is 17.7. The van der Waals surface area contributed by atoms with E-state index < -0.39 is 15.9 Å². The summed E-state index contributed by atoms with van der Waals surface area (Å²) >= 11 is 5.93. The summed E-state index contributed by atoms with van der Waals surface area (Å²) in [6, 6.07) is 20.5. The maximum Gasteiger partial charge on any atom is 0.264 e. The van der Waals surface area contributed by atoms with Gasteiger partial charge in [0.2, 0.25) is 5.91 Å². The molecule has 3 aromatic rings. The number of rotatable bonds is 7. The van der Waals surface area contributed by atoms with Gasteiger partial charge in [-0.3, -0.25) is 9.10 Å². The summed E-state index contributed by atoms with van der Waals surface area (Å²) in [4.78, 5) is 13.0. The van der Waals surface area contributed by atoms with E-state index in [-0.39, 0.29) is 17.4 Å². The molecule has 3 aromatic carbocycles. The molecule has 0 fully saturated rings. The molecule has 31 heavy (non-hydrogen) atoms. The average Bonchev–Trinajstić information content (AvgIpc) is 2.73. The van der Waals surface area contributed by atoms with Crippen LogP contribution in [0.25, 0.3) is 0 Å². The predicted octanol–water partition coefficient (Wildman–Crippen LogP) is 5.61. The van der Waals surface area contributed by atoms with E-state index in [2.05, 4.69) is 5.32 Å². The van der Waals surface area contributed by atoms with Crippen molar-refractivity contribution in [2.45, 2.75) is 31.6 Å². The summed E-state index contributed by atoms with van der Waals surface area (Å²) in [5.74, 6) is -0.212. The molecule has 1 amide bonds. The first-order valence-corrected chi connectivity index (χ1v) is 11.7. The van der Waals surface area contributed by atoms with Gasteiger partial charge in [0.05, 0.1) is 10.6 Å². The summed E-state index contributed by atoms with van der Waals surface area (Å²) in [5.41, 5.74) is 2.86. The molecule has 0 saturated heterocycles. The Hall–Kier alpha value is -2.83. The Labute approximate surface area is 188 Å². The lowest BCUT2D eigenvalue weighted by atomic mass is 10.0. The van der Waals surface area contributed by atoms with Crippen LogP contribution >= 0.6 is 11.6 Å². The normalized spacial score (nSPS) is 11.4. The molecule has 0 radical (unpaired) electrons. The maximum atomic E-state index is 13.5. The number of amides is 1. The number of nitrogens with zero attached hydrogens (tertiary/aromatic N) is 1. The van der Waals surface area contributed by atoms with E-state index in [1.54, 1.807) is 12.1 Å². The van der Waals surface area contributed by atoms with Crippen molar-refractivity contribution in [2.24, 2.45) is 0 Å². The number of para-hydroxylation sites is 2. The molecule has 0 unspecified atom stereocenters. The fourth-order valence-corrected chi connectivity index (χ4v) is 4.92. The standard InChI is InChI=1S/C24H25ClN2O3S/c1-17(2)21-9-5-6-10-22(21)26-24(28)16-27(23-11-7-4-8-18(23)3)31(29,30)20-14-12-19(25)13-15-20/h4-15,17H,16H2,1-3H3,(H,26,28). The highest BCUT2D eigenvalue weighted by atomic mass is 35.5. The molecule has 5 nitrogen and oxygen atoms in total. The van der Waals surface area contributed by atoms with Crippen LogP contribution in [0, 0.1) is 6.92 Å². The summed E-state index contributed by atoms with van der Waals surface area (Å²) in [7, 11) is -3.99. The number of sulfonamides is 1. The predicted molar refractivity (Wildman–Crippen MR) is 126 cm³/mol. The van der Waals surface area contributed by atoms with Gasteiger partial charge in [0.15, 0.2) is 0 Å². The fourth-order valence-electron chi connectivity index (χ4n) is 3.31. The second-order valence-electron chi connectivity index (χ2n) is 7.54. The summed E-state index contributed by atoms with van der Waals surface area (Å²) in [6.45, 7) is 5.53. The van der Waals surface area contributed by atoms with Crippen LogP contribution in [0.5, 0.6) is 0 Å². The van der Waals surface area contributed by atoms with Crippen LogP contribution in [0.2, 0.25) is 5.02 Å². The maximum absolute atomic E-state index is 13.5. The molecule has 0 saturated carbocycles. The first-order chi connectivity index (χ1) is 14.7. The van der Waals surface area contributed by atoms with Gasteiger partial charge in [0.1, 0.15) is 6.54 Å². The van der Waals surface area contributed by atoms with Crippen molar-refractivity contribution in [1.29, 1.82) is 0 Å². The third-order valence-electron chi connectivity index (χ3n) is 4.93. The Morgan fingerprint density at radius 3 is 2.23 bits per heavy atom. The van der Waals surface area contributed by atoms with Crippen molar-refractivity contribution in [3.05, 3.63) is 88.9 Å². The van der Waals surface area contributed by atoms with E-state index in [1.165, 1.54) is 24.3 Å². The van der Waals surface area contributed by atoms with E-state index in [0.29, 0.717) is 16.4 Å². The first kappa shape index (κ1) is 22.8. The number of carbonyl (C=O) groups is 1. The van der Waals surface area contributed by atoms with E-state index in [1.807, 2.05) is 57.2 Å². The van der Waals surface area contributed by atoms with Crippen molar-refractivity contribution >= 4 is 38.9 Å². The van der Waals surface area contributed by atoms with Crippen LogP contribution in [-0.2, 0) is 14.8 Å². The van der Waals surface area contributed by atoms with Gasteiger partial charge in [0.25, 0.3) is 10.0 Å². The molecule has 0 aliphatic carbocycles. The second kappa shape index (κ2) is 9.54. The van der Waals surface area contributed by atoms with Gasteiger partial charge in [-0.2, -0.15) is 0 Å². The van der Waals surface area contributed by atoms with Crippen LogP contribution in [0.4, 0.5) is 11.4 Å². The van der Waals surface area contributed by atoms with E-state index in [4.69, 9.17) is 11.6 Å². The lowest BCUT2D eigenvalue weighted by Gasteiger charge is -2.26. The van der Waals surface area contributed by atoms with Crippen molar-refractivity contribution in [2.75, 3.05) is 16.2 Å². The summed E-state index contributed by atoms with van der Waals surface area (Å²) in [5, 5.41) is 3.31. The number of hydrogen-bond acceptors (Lipinski definition) is 3. The smallest absolute Gasteiger partial charge is 0.264 e. The molecule has 1 N–H and O–H groups in total. The minimum atomic E-state index is -3.99. The summed E-state index contributed by atoms with van der Waals surface area (Å²) < 4.78 is 28.1. The quantitative estimate of drug-likeness (QED) is 0.502. The molecule has 0 aliphatic heterocycles. The number of hydrogen-bond donors (Lipinski definition) is 1. The molecule has 7 heteroatoms. The highest BCUT2D eigenvalue weighted by molar-refractivity contribution is 7.92. The first-order valence-electron chi connectivity index (χ1n) is 9.93. The number of nitrogens with one attached hydrogen (secondary N) is 1. The Bertz CT molecular complexity index is 1180. The van der Waals surface area contributed by atoms with Crippen molar-refractivity contribution < 1.29 is 13.2 Å². The molecule has 0 atom stereocenters. The van der Waals surface area contributed by atoms with Crippen LogP contribution in [0.1, 0.15) is 30.9 Å². The fraction of sp³-hybridized carbons (Fsp3) is 0.208. The monoisotopic (exact) mass is 456 g/mol. The van der Waals surface area contributed by atoms with Gasteiger partial charge in [-0.05, 0) is 60.4 Å². The van der Waals surface area contributed by atoms with Gasteiger partial charge in [-0.1, -0.05) is 61.8 Å². The number of aryl methyl sites for hydroxylation is 1. The zero-order chi connectivity index (χ0) is 22.6. The van der Waals surface area contributed by atoms with Gasteiger partial charge >= 0.3 is 0 Å². The third kappa shape index (κ3) is 5.27. The van der Waals surface area contributed by atoms with E-state index in [9.17, 15) is 13.2 Å². The van der Waals surface area contributed by atoms with Crippen LogP contribution < -0.4 is 9.62 Å². The van der Waals surface area contributed by atoms with E-state index in [0.717, 1.165) is 15.4 Å². The Morgan fingerprint density at radius 2 is 1.58 bits per heavy atom. The molecule has 0 aromatic heterocycles. The molecular weight excluding hydrogens is 432 g/mol. The van der Waals surface area contributed by atoms with E-state index >= 15 is 0 Å². The topological polar surface area (TPSA) is 66.5 Å². The third-order valence-corrected chi connectivity index (χ3v) is 6.96. The SMILES string of the molecule is Cc1ccccc1N(CC(=O)Nc1ccccc1C(C)C)S(=O)(=O)c1ccc(Cl)cc1. The largest absolute Gasteiger partial charge is 0.324 e. The number of anilines is 2. The molecule has 0 heterocycles. The van der Waals surface area contributed by atoms with Gasteiger partial charge in [0, 0.05) is 10.7 Å². The highest BCUT2D eigenvalue weighted by Gasteiger charge is 2.28. The molecule has 162 valence electrons. The van der Waals surface area contributed by atoms with Crippen molar-refractivity contribution in [1.82, 2.24) is 0 Å². The minimum Gasteiger partial charge on any atom is -0.324 e. The number of benzene rings is 3. The Morgan fingerprint density at radius 1 is 0.968 bits per heavy atom. The van der Waals surface area contributed by atoms with Gasteiger partial charge in [-0.25, -0.2) is 8.42 Å². The van der Waals surface area contributed by atoms with Crippen molar-refractivity contribution in [3.8, 4) is 0 Å². The number of carbonyl (C=O) groups excluding carboxylic acids is 1. The minimum absolute atomic E-state index is 0.0653. The molecular formula is C24H25ClN2O3S. The van der Waals surface area contributed by atoms with Crippen LogP contribution in [0.3, 0.4) is 0 Å². The van der Waals surface area contributed by atoms with Crippen LogP contribution in [0.15, 0.2) is 77.7 Å². The molecule has 3 rings (SSSR count). The molecule has 0 bridgehead atoms. The Kier molecular flexibility index (Phi) is 7.03. The van der Waals surface area contributed by atoms with Crippen LogP contribution in [-0.4, -0.2) is 20.9 Å². The highest BCUT2D eigenvalue weighted by Crippen LogP contribution is 2.28. The second-order valence-corrected chi connectivity index (χ2v) is 9.84. The average molecular weight is 457 g/mol.